The maximum absolute atomic E-state index is 13.0. The van der Waals surface area contributed by atoms with E-state index in [-0.39, 0.29) is 12.5 Å². The van der Waals surface area contributed by atoms with Gasteiger partial charge in [-0.05, 0) is 19.3 Å². The van der Waals surface area contributed by atoms with Crippen molar-refractivity contribution in [3.63, 3.8) is 0 Å². The molecule has 1 rings (SSSR count). The molecule has 0 saturated carbocycles. The van der Waals surface area contributed by atoms with Crippen LogP contribution in [-0.2, 0) is 14.3 Å². The van der Waals surface area contributed by atoms with E-state index in [1.165, 1.54) is 238 Å². The maximum atomic E-state index is 13.0. The Bertz CT molecular complexity index is 1060. The molecule has 0 aromatic carbocycles. The fourth-order valence-electron chi connectivity index (χ4n) is 9.69. The molecule has 2 unspecified atom stereocenters. The Balaban J connectivity index is 2.16. The van der Waals surface area contributed by atoms with Crippen molar-refractivity contribution in [2.75, 3.05) is 13.2 Å². The van der Waals surface area contributed by atoms with Crippen LogP contribution in [0.1, 0.15) is 296 Å². The third-order valence-electron chi connectivity index (χ3n) is 14.4. The minimum absolute atomic E-state index is 0.170. The molecule has 9 heteroatoms. The number of unbranched alkanes of at least 4 members (excludes halogenated alkanes) is 41. The molecule has 1 aliphatic rings. The second-order valence-electron chi connectivity index (χ2n) is 20.8. The molecule has 0 bridgehead atoms. The first-order chi connectivity index (χ1) is 32.8. The largest absolute Gasteiger partial charge is 0.394 e. The van der Waals surface area contributed by atoms with E-state index in [1.807, 2.05) is 6.08 Å². The Morgan fingerprint density at radius 2 is 0.821 bits per heavy atom. The van der Waals surface area contributed by atoms with Gasteiger partial charge < -0.3 is 40.3 Å². The Labute approximate surface area is 414 Å². The van der Waals surface area contributed by atoms with Crippen molar-refractivity contribution in [1.82, 2.24) is 5.32 Å². The lowest BCUT2D eigenvalue weighted by Crippen LogP contribution is -2.60. The number of allylic oxidation sites excluding steroid dienone is 1. The summed E-state index contributed by atoms with van der Waals surface area (Å²) in [5.74, 6) is -0.170. The van der Waals surface area contributed by atoms with Crippen LogP contribution >= 0.6 is 0 Å². The maximum Gasteiger partial charge on any atom is 0.220 e. The Hall–Kier alpha value is -1.07. The van der Waals surface area contributed by atoms with Gasteiger partial charge in [0.15, 0.2) is 6.29 Å². The number of carbonyl (C=O) groups is 1. The smallest absolute Gasteiger partial charge is 0.220 e. The normalized spacial score (nSPS) is 19.7. The number of hydrogen-bond donors (Lipinski definition) is 6. The van der Waals surface area contributed by atoms with Gasteiger partial charge in [-0.1, -0.05) is 283 Å². The van der Waals surface area contributed by atoms with Gasteiger partial charge in [-0.25, -0.2) is 0 Å². The number of amides is 1. The molecular formula is C58H113NO8. The molecule has 0 spiro atoms. The molecule has 398 valence electrons. The molecule has 9 nitrogen and oxygen atoms in total. The van der Waals surface area contributed by atoms with Crippen molar-refractivity contribution in [3.05, 3.63) is 12.2 Å². The predicted molar refractivity (Wildman–Crippen MR) is 281 cm³/mol. The van der Waals surface area contributed by atoms with Gasteiger partial charge >= 0.3 is 0 Å². The number of ether oxygens (including phenoxy) is 2. The summed E-state index contributed by atoms with van der Waals surface area (Å²) in [5.41, 5.74) is 0. The minimum Gasteiger partial charge on any atom is -0.394 e. The Morgan fingerprint density at radius 3 is 1.16 bits per heavy atom. The van der Waals surface area contributed by atoms with E-state index in [0.717, 1.165) is 38.5 Å². The first kappa shape index (κ1) is 63.9. The molecule has 1 saturated heterocycles. The monoisotopic (exact) mass is 952 g/mol. The van der Waals surface area contributed by atoms with E-state index >= 15 is 0 Å². The zero-order valence-electron chi connectivity index (χ0n) is 44.2. The molecule has 6 N–H and O–H groups in total. The third-order valence-corrected chi connectivity index (χ3v) is 14.4. The van der Waals surface area contributed by atoms with Crippen LogP contribution in [0, 0.1) is 0 Å². The van der Waals surface area contributed by atoms with Crippen LogP contribution in [0.2, 0.25) is 0 Å². The van der Waals surface area contributed by atoms with Gasteiger partial charge in [-0.15, -0.1) is 0 Å². The summed E-state index contributed by atoms with van der Waals surface area (Å²) in [5, 5.41) is 54.5. The van der Waals surface area contributed by atoms with E-state index in [9.17, 15) is 30.3 Å². The Morgan fingerprint density at radius 1 is 0.493 bits per heavy atom. The van der Waals surface area contributed by atoms with Gasteiger partial charge in [-0.2, -0.15) is 0 Å². The summed E-state index contributed by atoms with van der Waals surface area (Å²) in [6, 6.07) is -0.800. The average molecular weight is 953 g/mol. The average Bonchev–Trinajstić information content (AvgIpc) is 3.33. The van der Waals surface area contributed by atoms with Gasteiger partial charge in [0.05, 0.1) is 25.4 Å². The first-order valence-corrected chi connectivity index (χ1v) is 29.4. The summed E-state index contributed by atoms with van der Waals surface area (Å²) in [7, 11) is 0. The number of aliphatic hydroxyl groups excluding tert-OH is 5. The Kier molecular flexibility index (Phi) is 46.3. The number of hydrogen-bond acceptors (Lipinski definition) is 8. The van der Waals surface area contributed by atoms with Crippen molar-refractivity contribution in [3.8, 4) is 0 Å². The molecule has 0 aliphatic carbocycles. The molecule has 1 amide bonds. The number of nitrogens with one attached hydrogen (secondary N) is 1. The second-order valence-corrected chi connectivity index (χ2v) is 20.8. The summed E-state index contributed by atoms with van der Waals surface area (Å²) < 4.78 is 11.3. The lowest BCUT2D eigenvalue weighted by Gasteiger charge is -2.40. The third kappa shape index (κ3) is 38.3. The van der Waals surface area contributed by atoms with Crippen LogP contribution in [0.4, 0.5) is 0 Å². The van der Waals surface area contributed by atoms with Gasteiger partial charge in [-0.3, -0.25) is 4.79 Å². The van der Waals surface area contributed by atoms with Crippen LogP contribution in [0.25, 0.3) is 0 Å². The van der Waals surface area contributed by atoms with E-state index in [2.05, 4.69) is 19.2 Å². The standard InChI is InChI=1S/C58H113NO8/c1-3-5-7-9-11-13-15-17-19-21-22-23-24-25-26-27-28-29-30-31-32-34-36-38-40-42-44-46-48-54(62)59-51(50-66-58-57(65)56(64)55(63)53(49-60)67-58)52(61)47-45-43-41-39-37-35-33-20-18-16-14-12-10-8-6-4-2/h45,47,51-53,55-58,60-61,63-65H,3-44,46,48-50H2,1-2H3,(H,59,62)/b47-45+/t51-,52+,53+,55-,56?,57?,58+/m0/s1. The highest BCUT2D eigenvalue weighted by Gasteiger charge is 2.44. The van der Waals surface area contributed by atoms with Crippen molar-refractivity contribution in [2.45, 2.75) is 339 Å². The molecule has 1 aliphatic heterocycles. The summed E-state index contributed by atoms with van der Waals surface area (Å²) in [6.45, 7) is 3.82. The second kappa shape index (κ2) is 48.6. The van der Waals surface area contributed by atoms with Crippen LogP contribution in [-0.4, -0.2) is 87.5 Å². The van der Waals surface area contributed by atoms with Crippen LogP contribution in [0.5, 0.6) is 0 Å². The van der Waals surface area contributed by atoms with E-state index in [1.54, 1.807) is 6.08 Å². The van der Waals surface area contributed by atoms with Crippen molar-refractivity contribution < 1.29 is 39.8 Å². The molecule has 0 aromatic rings. The molecule has 67 heavy (non-hydrogen) atoms. The number of carbonyl (C=O) groups excluding carboxylic acids is 1. The molecular weight excluding hydrogens is 839 g/mol. The highest BCUT2D eigenvalue weighted by atomic mass is 16.7. The van der Waals surface area contributed by atoms with Crippen molar-refractivity contribution in [2.24, 2.45) is 0 Å². The van der Waals surface area contributed by atoms with Gasteiger partial charge in [0.2, 0.25) is 5.91 Å². The highest BCUT2D eigenvalue weighted by molar-refractivity contribution is 5.76. The molecule has 1 heterocycles. The van der Waals surface area contributed by atoms with Crippen molar-refractivity contribution in [1.29, 1.82) is 0 Å². The highest BCUT2D eigenvalue weighted by Crippen LogP contribution is 2.23. The van der Waals surface area contributed by atoms with E-state index < -0.39 is 49.5 Å². The molecule has 0 radical (unpaired) electrons. The van der Waals surface area contributed by atoms with Crippen LogP contribution in [0.15, 0.2) is 12.2 Å². The van der Waals surface area contributed by atoms with E-state index in [4.69, 9.17) is 9.47 Å². The lowest BCUT2D eigenvalue weighted by molar-refractivity contribution is -0.302. The predicted octanol–water partition coefficient (Wildman–Crippen LogP) is 14.4. The molecule has 7 atom stereocenters. The molecule has 0 aromatic heterocycles. The quantitative estimate of drug-likeness (QED) is 0.0261. The minimum atomic E-state index is -1.56. The SMILES string of the molecule is CCCCCCCCCCCCCCCC/C=C/[C@@H](O)[C@H](CO[C@@H]1O[C@H](CO)[C@H](O)C(O)C1O)NC(=O)CCCCCCCCCCCCCCCCCCCCCCCCCCCCCC. The zero-order chi connectivity index (χ0) is 48.7. The van der Waals surface area contributed by atoms with E-state index in [0.29, 0.717) is 6.42 Å². The van der Waals surface area contributed by atoms with Crippen LogP contribution in [0.3, 0.4) is 0 Å². The van der Waals surface area contributed by atoms with Gasteiger partial charge in [0.1, 0.15) is 24.4 Å². The lowest BCUT2D eigenvalue weighted by atomic mass is 9.99. The summed E-state index contributed by atoms with van der Waals surface area (Å²) in [6.07, 6.45) is 52.9. The number of aliphatic hydroxyl groups is 5. The number of rotatable bonds is 51. The summed E-state index contributed by atoms with van der Waals surface area (Å²) >= 11 is 0. The summed E-state index contributed by atoms with van der Waals surface area (Å²) in [4.78, 5) is 13.0. The fraction of sp³-hybridized carbons (Fsp3) is 0.948. The molecule has 1 fully saturated rings. The van der Waals surface area contributed by atoms with Gasteiger partial charge in [0, 0.05) is 6.42 Å². The topological polar surface area (TPSA) is 149 Å². The zero-order valence-corrected chi connectivity index (χ0v) is 44.2. The fourth-order valence-corrected chi connectivity index (χ4v) is 9.69. The van der Waals surface area contributed by atoms with Crippen LogP contribution < -0.4 is 5.32 Å². The van der Waals surface area contributed by atoms with Crippen molar-refractivity contribution >= 4 is 5.91 Å². The van der Waals surface area contributed by atoms with Gasteiger partial charge in [0.25, 0.3) is 0 Å². The first-order valence-electron chi connectivity index (χ1n) is 29.4.